The maximum absolute atomic E-state index is 9.17. The fourth-order valence-electron chi connectivity index (χ4n) is 1.13. The number of rotatable bonds is 1. The highest BCUT2D eigenvalue weighted by Crippen LogP contribution is 2.27. The molecule has 0 unspecified atom stereocenters. The second-order valence-electron chi connectivity index (χ2n) is 2.79. The Morgan fingerprint density at radius 2 is 2.30 bits per heavy atom. The molecule has 0 spiro atoms. The van der Waals surface area contributed by atoms with Crippen LogP contribution in [0.3, 0.4) is 0 Å². The van der Waals surface area contributed by atoms with E-state index in [0.29, 0.717) is 0 Å². The average molecular weight is 148 g/mol. The van der Waals surface area contributed by atoms with E-state index in [0.717, 1.165) is 0 Å². The van der Waals surface area contributed by atoms with E-state index in [1.54, 1.807) is 0 Å². The first-order chi connectivity index (χ1) is 4.55. The monoisotopic (exact) mass is 148 g/mol. The van der Waals surface area contributed by atoms with Crippen LogP contribution in [0.4, 0.5) is 0 Å². The van der Waals surface area contributed by atoms with Gasteiger partial charge in [-0.2, -0.15) is 0 Å². The molecule has 0 aliphatic carbocycles. The van der Waals surface area contributed by atoms with Gasteiger partial charge in [0, 0.05) is 6.42 Å². The molecule has 1 heterocycles. The molecule has 0 aromatic rings. The van der Waals surface area contributed by atoms with Crippen LogP contribution < -0.4 is 0 Å². The van der Waals surface area contributed by atoms with Gasteiger partial charge in [0.2, 0.25) is 0 Å². The Bertz CT molecular complexity index is 123. The van der Waals surface area contributed by atoms with Crippen LogP contribution in [0.1, 0.15) is 13.3 Å². The van der Waals surface area contributed by atoms with E-state index in [1.807, 2.05) is 0 Å². The largest absolute Gasteiger partial charge is 0.394 e. The van der Waals surface area contributed by atoms with Crippen molar-refractivity contribution in [1.82, 2.24) is 0 Å². The van der Waals surface area contributed by atoms with Crippen molar-refractivity contribution in [3.63, 3.8) is 0 Å². The molecule has 1 saturated heterocycles. The fraction of sp³-hybridized carbons (Fsp3) is 1.00. The third kappa shape index (κ3) is 1.46. The van der Waals surface area contributed by atoms with Gasteiger partial charge in [0.25, 0.3) is 0 Å². The van der Waals surface area contributed by atoms with E-state index in [-0.39, 0.29) is 13.0 Å². The molecule has 0 aromatic carbocycles. The Hall–Kier alpha value is -0.160. The Kier molecular flexibility index (Phi) is 1.96. The van der Waals surface area contributed by atoms with Gasteiger partial charge in [0.1, 0.15) is 6.10 Å². The highest BCUT2D eigenvalue weighted by molar-refractivity contribution is 4.83. The topological polar surface area (TPSA) is 69.9 Å². The standard InChI is InChI=1S/C6H12O4/c1-6(9)2-4(8)5(3-7)10-6/h4-5,7-9H,2-3H2,1H3/t4-,5+,6+/m0/s1. The second-order valence-corrected chi connectivity index (χ2v) is 2.79. The van der Waals surface area contributed by atoms with Crippen molar-refractivity contribution in [2.45, 2.75) is 31.3 Å². The molecule has 0 amide bonds. The number of aliphatic hydroxyl groups is 3. The van der Waals surface area contributed by atoms with Crippen LogP contribution >= 0.6 is 0 Å². The number of aliphatic hydroxyl groups excluding tert-OH is 2. The molecule has 1 rings (SSSR count). The predicted octanol–water partition coefficient (Wildman–Crippen LogP) is -1.16. The zero-order valence-corrected chi connectivity index (χ0v) is 5.82. The maximum Gasteiger partial charge on any atom is 0.165 e. The van der Waals surface area contributed by atoms with Crippen molar-refractivity contribution in [2.24, 2.45) is 0 Å². The Balaban J connectivity index is 2.52. The lowest BCUT2D eigenvalue weighted by Gasteiger charge is -2.15. The minimum atomic E-state index is -1.27. The zero-order valence-electron chi connectivity index (χ0n) is 5.82. The summed E-state index contributed by atoms with van der Waals surface area (Å²) in [5.74, 6) is -1.27. The smallest absolute Gasteiger partial charge is 0.165 e. The van der Waals surface area contributed by atoms with Gasteiger partial charge in [-0.25, -0.2) is 0 Å². The van der Waals surface area contributed by atoms with E-state index in [9.17, 15) is 5.11 Å². The maximum atomic E-state index is 9.17. The first-order valence-electron chi connectivity index (χ1n) is 3.24. The van der Waals surface area contributed by atoms with E-state index in [1.165, 1.54) is 6.92 Å². The van der Waals surface area contributed by atoms with Gasteiger partial charge in [0.15, 0.2) is 5.79 Å². The first-order valence-corrected chi connectivity index (χ1v) is 3.24. The summed E-state index contributed by atoms with van der Waals surface area (Å²) in [5, 5.41) is 26.8. The summed E-state index contributed by atoms with van der Waals surface area (Å²) in [6.45, 7) is 1.21. The van der Waals surface area contributed by atoms with Crippen LogP contribution in [0.25, 0.3) is 0 Å². The molecule has 1 aliphatic heterocycles. The van der Waals surface area contributed by atoms with Crippen LogP contribution in [0.15, 0.2) is 0 Å². The molecular formula is C6H12O4. The van der Waals surface area contributed by atoms with Gasteiger partial charge in [0.05, 0.1) is 12.7 Å². The van der Waals surface area contributed by atoms with E-state index in [4.69, 9.17) is 14.9 Å². The first kappa shape index (κ1) is 7.94. The highest BCUT2D eigenvalue weighted by Gasteiger charge is 2.40. The van der Waals surface area contributed by atoms with E-state index >= 15 is 0 Å². The normalized spacial score (nSPS) is 48.0. The average Bonchev–Trinajstić information content (AvgIpc) is 2.05. The van der Waals surface area contributed by atoms with Crippen molar-refractivity contribution in [3.8, 4) is 0 Å². The SMILES string of the molecule is C[C@]1(O)C[C@H](O)[C@@H](CO)O1. The molecule has 10 heavy (non-hydrogen) atoms. The van der Waals surface area contributed by atoms with Crippen LogP contribution in [0, 0.1) is 0 Å². The van der Waals surface area contributed by atoms with Crippen LogP contribution in [-0.2, 0) is 4.74 Å². The minimum Gasteiger partial charge on any atom is -0.394 e. The van der Waals surface area contributed by atoms with Crippen molar-refractivity contribution < 1.29 is 20.1 Å². The molecule has 0 aromatic heterocycles. The molecule has 3 N–H and O–H groups in total. The van der Waals surface area contributed by atoms with Crippen molar-refractivity contribution in [3.05, 3.63) is 0 Å². The molecule has 0 saturated carbocycles. The fourth-order valence-corrected chi connectivity index (χ4v) is 1.13. The second kappa shape index (κ2) is 2.47. The van der Waals surface area contributed by atoms with Crippen molar-refractivity contribution in [1.29, 1.82) is 0 Å². The predicted molar refractivity (Wildman–Crippen MR) is 33.2 cm³/mol. The third-order valence-corrected chi connectivity index (χ3v) is 1.60. The molecule has 60 valence electrons. The van der Waals surface area contributed by atoms with Crippen molar-refractivity contribution in [2.75, 3.05) is 6.61 Å². The minimum absolute atomic E-state index is 0.165. The number of hydrogen-bond donors (Lipinski definition) is 3. The van der Waals surface area contributed by atoms with Crippen molar-refractivity contribution >= 4 is 0 Å². The summed E-state index contributed by atoms with van der Waals surface area (Å²) < 4.78 is 4.87. The zero-order chi connectivity index (χ0) is 7.78. The molecule has 0 bridgehead atoms. The Labute approximate surface area is 59.1 Å². The molecule has 4 nitrogen and oxygen atoms in total. The van der Waals surface area contributed by atoms with Gasteiger partial charge in [-0.1, -0.05) is 0 Å². The lowest BCUT2D eigenvalue weighted by molar-refractivity contribution is -0.185. The molecule has 3 atom stereocenters. The van der Waals surface area contributed by atoms with Crippen LogP contribution in [0.5, 0.6) is 0 Å². The van der Waals surface area contributed by atoms with E-state index < -0.39 is 18.0 Å². The van der Waals surface area contributed by atoms with E-state index in [2.05, 4.69) is 0 Å². The molecule has 1 aliphatic rings. The lowest BCUT2D eigenvalue weighted by Crippen LogP contribution is -2.26. The molecule has 1 fully saturated rings. The van der Waals surface area contributed by atoms with Gasteiger partial charge in [-0.15, -0.1) is 0 Å². The van der Waals surface area contributed by atoms with Gasteiger partial charge >= 0.3 is 0 Å². The summed E-state index contributed by atoms with van der Waals surface area (Å²) in [4.78, 5) is 0. The van der Waals surface area contributed by atoms with Gasteiger partial charge in [-0.3, -0.25) is 0 Å². The highest BCUT2D eigenvalue weighted by atomic mass is 16.6. The summed E-state index contributed by atoms with van der Waals surface area (Å²) in [6, 6.07) is 0. The number of ether oxygens (including phenoxy) is 1. The summed E-state index contributed by atoms with van der Waals surface area (Å²) in [7, 11) is 0. The van der Waals surface area contributed by atoms with Crippen LogP contribution in [-0.4, -0.2) is 39.9 Å². The Morgan fingerprint density at radius 3 is 2.50 bits per heavy atom. The third-order valence-electron chi connectivity index (χ3n) is 1.60. The summed E-state index contributed by atoms with van der Waals surface area (Å²) in [6.07, 6.45) is -1.21. The van der Waals surface area contributed by atoms with Gasteiger partial charge < -0.3 is 20.1 Å². The van der Waals surface area contributed by atoms with Crippen LogP contribution in [0.2, 0.25) is 0 Å². The quantitative estimate of drug-likeness (QED) is 0.438. The molecule has 0 radical (unpaired) electrons. The lowest BCUT2D eigenvalue weighted by atomic mass is 10.1. The molecular weight excluding hydrogens is 136 g/mol. The molecule has 4 heteroatoms. The summed E-state index contributed by atoms with van der Waals surface area (Å²) in [5.41, 5.74) is 0. The van der Waals surface area contributed by atoms with Gasteiger partial charge in [-0.05, 0) is 6.92 Å². The summed E-state index contributed by atoms with van der Waals surface area (Å²) >= 11 is 0. The number of hydrogen-bond acceptors (Lipinski definition) is 4. The Morgan fingerprint density at radius 1 is 1.70 bits per heavy atom.